The molecule has 0 N–H and O–H groups in total. The fraction of sp³-hybridized carbons (Fsp3) is 0. The van der Waals surface area contributed by atoms with Crippen LogP contribution in [-0.4, -0.2) is 64.8 Å². The SMILES string of the molecule is c1ccc(-c2cc(-c3ccc(-c4nc(-c5ccccc5)c5c(n4)sc4ccccc45)cc3)nc(-c3ccccc3)n2)cc1.c1ccc(-c2cc(-c3ccccc3)nc(-c3ccc(-c4nc(-c5ccccc5)c5c(n4)sc4ccccc45)cc3)n2)cc1.c1ccc(-c2nc(-c3ccccc3)nc(-c3ccc(-c4nc(-c5ccccc5)c5c(n4)sc4ccccc45)cc3)n2)cc1. The fourth-order valence-electron chi connectivity index (χ4n) is 16.1. The summed E-state index contributed by atoms with van der Waals surface area (Å²) in [4.78, 5) is 67.9. The molecular formula is C113H71N13S3. The number of hydrogen-bond donors (Lipinski definition) is 0. The molecule has 24 rings (SSSR count). The van der Waals surface area contributed by atoms with Gasteiger partial charge in [-0.2, -0.15) is 0 Å². The maximum atomic E-state index is 5.14. The lowest BCUT2D eigenvalue weighted by Crippen LogP contribution is -2.00. The van der Waals surface area contributed by atoms with Crippen molar-refractivity contribution in [2.75, 3.05) is 0 Å². The van der Waals surface area contributed by atoms with Gasteiger partial charge in [-0.05, 0) is 30.3 Å². The van der Waals surface area contributed by atoms with Crippen molar-refractivity contribution in [1.82, 2.24) is 64.8 Å². The van der Waals surface area contributed by atoms with E-state index in [4.69, 9.17) is 64.8 Å². The van der Waals surface area contributed by atoms with Crippen LogP contribution in [0.2, 0.25) is 0 Å². The van der Waals surface area contributed by atoms with Gasteiger partial charge in [0.05, 0.1) is 39.9 Å². The van der Waals surface area contributed by atoms with Gasteiger partial charge in [-0.1, -0.05) is 400 Å². The van der Waals surface area contributed by atoms with Gasteiger partial charge in [-0.15, -0.1) is 34.0 Å². The van der Waals surface area contributed by atoms with Crippen molar-refractivity contribution in [3.63, 3.8) is 0 Å². The van der Waals surface area contributed by atoms with E-state index in [0.717, 1.165) is 154 Å². The zero-order valence-electron chi connectivity index (χ0n) is 69.0. The Kier molecular flexibility index (Phi) is 21.4. The first kappa shape index (κ1) is 78.4. The van der Waals surface area contributed by atoms with E-state index in [1.54, 1.807) is 34.0 Å². The average Bonchev–Trinajstić information content (AvgIpc) is 1.63. The van der Waals surface area contributed by atoms with Crippen LogP contribution in [0.4, 0.5) is 0 Å². The monoisotopic (exact) mass is 1710 g/mol. The molecule has 15 aromatic carbocycles. The molecule has 0 aliphatic carbocycles. The van der Waals surface area contributed by atoms with Crippen molar-refractivity contribution >= 4 is 94.9 Å². The highest BCUT2D eigenvalue weighted by Crippen LogP contribution is 2.45. The highest BCUT2D eigenvalue weighted by atomic mass is 32.1. The van der Waals surface area contributed by atoms with Crippen LogP contribution in [0.1, 0.15) is 0 Å². The zero-order chi connectivity index (χ0) is 85.8. The van der Waals surface area contributed by atoms with E-state index in [9.17, 15) is 0 Å². The van der Waals surface area contributed by atoms with Gasteiger partial charge in [0, 0.05) is 130 Å². The smallest absolute Gasteiger partial charge is 0.164 e. The highest BCUT2D eigenvalue weighted by molar-refractivity contribution is 7.26. The summed E-state index contributed by atoms with van der Waals surface area (Å²) in [6, 6.07) is 146. The Bertz CT molecular complexity index is 7230. The van der Waals surface area contributed by atoms with E-state index in [1.165, 1.54) is 30.3 Å². The maximum absolute atomic E-state index is 5.14. The molecule has 9 heterocycles. The Labute approximate surface area is 754 Å². The predicted octanol–water partition coefficient (Wildman–Crippen LogP) is 29.3. The first-order valence-electron chi connectivity index (χ1n) is 42.3. The van der Waals surface area contributed by atoms with Gasteiger partial charge in [0.1, 0.15) is 14.5 Å². The zero-order valence-corrected chi connectivity index (χ0v) is 71.5. The third-order valence-corrected chi connectivity index (χ3v) is 25.7. The number of aromatic nitrogens is 13. The lowest BCUT2D eigenvalue weighted by Gasteiger charge is -2.10. The molecule has 9 aromatic heterocycles. The third-order valence-electron chi connectivity index (χ3n) is 22.5. The number of rotatable bonds is 15. The van der Waals surface area contributed by atoms with E-state index in [2.05, 4.69) is 243 Å². The minimum atomic E-state index is 0.616. The average molecular weight is 1710 g/mol. The molecule has 0 aliphatic rings. The number of nitrogens with zero attached hydrogens (tertiary/aromatic N) is 13. The van der Waals surface area contributed by atoms with Gasteiger partial charge in [0.2, 0.25) is 0 Å². The molecular weight excluding hydrogens is 1640 g/mol. The molecule has 606 valence electrons. The molecule has 0 saturated heterocycles. The summed E-state index contributed by atoms with van der Waals surface area (Å²) in [5, 5.41) is 6.87. The molecule has 0 unspecified atom stereocenters. The molecule has 0 radical (unpaired) electrons. The van der Waals surface area contributed by atoms with Crippen molar-refractivity contribution in [1.29, 1.82) is 0 Å². The quantitative estimate of drug-likeness (QED) is 0.0952. The summed E-state index contributed by atoms with van der Waals surface area (Å²) in [5.41, 5.74) is 21.3. The Hall–Kier alpha value is -16.6. The van der Waals surface area contributed by atoms with Gasteiger partial charge in [0.25, 0.3) is 0 Å². The van der Waals surface area contributed by atoms with E-state index in [1.807, 2.05) is 188 Å². The maximum Gasteiger partial charge on any atom is 0.164 e. The summed E-state index contributed by atoms with van der Waals surface area (Å²) < 4.78 is 3.62. The lowest BCUT2D eigenvalue weighted by molar-refractivity contribution is 1.07. The van der Waals surface area contributed by atoms with E-state index < -0.39 is 0 Å². The van der Waals surface area contributed by atoms with E-state index in [-0.39, 0.29) is 0 Å². The molecule has 0 saturated carbocycles. The van der Waals surface area contributed by atoms with Gasteiger partial charge in [-0.25, -0.2) is 64.8 Å². The Morgan fingerprint density at radius 1 is 0.132 bits per heavy atom. The highest BCUT2D eigenvalue weighted by Gasteiger charge is 2.23. The number of fused-ring (bicyclic) bond motifs is 9. The van der Waals surface area contributed by atoms with Crippen LogP contribution in [0, 0.1) is 0 Å². The normalized spacial score (nSPS) is 11.3. The molecule has 16 heteroatoms. The Morgan fingerprint density at radius 3 is 0.543 bits per heavy atom. The number of benzene rings is 15. The predicted molar refractivity (Wildman–Crippen MR) is 531 cm³/mol. The number of hydrogen-bond acceptors (Lipinski definition) is 16. The van der Waals surface area contributed by atoms with Crippen molar-refractivity contribution in [3.8, 4) is 170 Å². The molecule has 0 amide bonds. The first-order valence-corrected chi connectivity index (χ1v) is 44.8. The van der Waals surface area contributed by atoms with Crippen LogP contribution >= 0.6 is 34.0 Å². The lowest BCUT2D eigenvalue weighted by atomic mass is 10.0. The molecule has 0 bridgehead atoms. The molecule has 0 atom stereocenters. The van der Waals surface area contributed by atoms with E-state index in [0.29, 0.717) is 46.6 Å². The molecule has 129 heavy (non-hydrogen) atoms. The summed E-state index contributed by atoms with van der Waals surface area (Å²) in [5.74, 6) is 5.37. The Morgan fingerprint density at radius 2 is 0.302 bits per heavy atom. The second kappa shape index (κ2) is 35.2. The van der Waals surface area contributed by atoms with Crippen LogP contribution < -0.4 is 0 Å². The molecule has 24 aromatic rings. The van der Waals surface area contributed by atoms with Gasteiger partial charge >= 0.3 is 0 Å². The van der Waals surface area contributed by atoms with Crippen molar-refractivity contribution in [3.05, 3.63) is 431 Å². The van der Waals surface area contributed by atoms with Gasteiger partial charge < -0.3 is 0 Å². The molecule has 0 aliphatic heterocycles. The molecule has 0 fully saturated rings. The molecule has 0 spiro atoms. The summed E-state index contributed by atoms with van der Waals surface area (Å²) >= 11 is 5.12. The topological polar surface area (TPSA) is 168 Å². The first-order chi connectivity index (χ1) is 63.9. The summed E-state index contributed by atoms with van der Waals surface area (Å²) in [7, 11) is 0. The molecule has 13 nitrogen and oxygen atoms in total. The van der Waals surface area contributed by atoms with E-state index >= 15 is 0 Å². The summed E-state index contributed by atoms with van der Waals surface area (Å²) in [6.07, 6.45) is 0. The van der Waals surface area contributed by atoms with Crippen molar-refractivity contribution in [2.45, 2.75) is 0 Å². The number of thiophene rings is 3. The van der Waals surface area contributed by atoms with Crippen LogP contribution in [0.3, 0.4) is 0 Å². The van der Waals surface area contributed by atoms with Crippen LogP contribution in [0.5, 0.6) is 0 Å². The minimum Gasteiger partial charge on any atom is -0.228 e. The van der Waals surface area contributed by atoms with Gasteiger partial charge in [-0.3, -0.25) is 0 Å². The van der Waals surface area contributed by atoms with Crippen LogP contribution in [0.25, 0.3) is 231 Å². The minimum absolute atomic E-state index is 0.616. The van der Waals surface area contributed by atoms with Crippen molar-refractivity contribution < 1.29 is 0 Å². The second-order valence-corrected chi connectivity index (χ2v) is 33.9. The van der Waals surface area contributed by atoms with Crippen LogP contribution in [0.15, 0.2) is 431 Å². The Balaban J connectivity index is 0.000000114. The standard InChI is InChI=1S/2C38H24N4S.C37H23N5S/c1-4-12-25(13-5-1)31-24-32(40-36(39-31)28-16-8-3-9-17-28)26-20-22-29(23-21-26)37-41-35(27-14-6-2-7-15-27)34-30-18-10-11-19-33(30)43-38(34)42-37;1-4-12-25(13-5-1)31-24-32(26-14-6-2-7-15-26)40-36(39-31)28-20-22-29(23-21-28)37-41-35(27-16-8-3-9-17-27)34-30-18-10-11-19-33(30)43-38(34)42-37;1-4-12-24(13-5-1)32-31-29-18-10-11-19-30(29)43-37(31)42-33(38-32)27-20-22-28(23-21-27)36-40-34(25-14-6-2-7-15-25)39-35(41-36)26-16-8-3-9-17-26/h2*1-24H;1-23H. The largest absolute Gasteiger partial charge is 0.228 e. The third kappa shape index (κ3) is 16.2. The van der Waals surface area contributed by atoms with Gasteiger partial charge in [0.15, 0.2) is 46.6 Å². The van der Waals surface area contributed by atoms with Crippen LogP contribution in [-0.2, 0) is 0 Å². The second-order valence-electron chi connectivity index (χ2n) is 30.8. The summed E-state index contributed by atoms with van der Waals surface area (Å²) in [6.45, 7) is 0. The van der Waals surface area contributed by atoms with Crippen molar-refractivity contribution in [2.24, 2.45) is 0 Å². The fourth-order valence-corrected chi connectivity index (χ4v) is 19.3.